The summed E-state index contributed by atoms with van der Waals surface area (Å²) in [5.41, 5.74) is 1.57. The minimum atomic E-state index is -0.993. The van der Waals surface area contributed by atoms with Crippen LogP contribution < -0.4 is 0 Å². The maximum atomic E-state index is 11.4. The number of hydrogen-bond acceptors (Lipinski definition) is 1. The number of aromatic carboxylic acids is 1. The molecule has 0 amide bonds. The highest BCUT2D eigenvalue weighted by Crippen LogP contribution is 2.35. The summed E-state index contributed by atoms with van der Waals surface area (Å²) < 4.78 is 2.54. The quantitative estimate of drug-likeness (QED) is 0.767. The molecule has 1 N–H and O–H groups in total. The van der Waals surface area contributed by atoms with Gasteiger partial charge in [-0.25, -0.2) is 4.79 Å². The van der Waals surface area contributed by atoms with Gasteiger partial charge in [-0.2, -0.15) is 0 Å². The van der Waals surface area contributed by atoms with Gasteiger partial charge in [-0.15, -0.1) is 11.6 Å². The van der Waals surface area contributed by atoms with Crippen molar-refractivity contribution in [1.82, 2.24) is 4.57 Å². The van der Waals surface area contributed by atoms with E-state index in [0.29, 0.717) is 21.9 Å². The number of nitrogens with zero attached hydrogens (tertiary/aromatic N) is 1. The Morgan fingerprint density at radius 3 is 2.50 bits per heavy atom. The number of carbonyl (C=O) groups is 1. The van der Waals surface area contributed by atoms with E-state index >= 15 is 0 Å². The molecule has 1 heterocycles. The molecule has 0 aliphatic carbocycles. The number of alkyl halides is 1. The van der Waals surface area contributed by atoms with Crippen LogP contribution in [0.15, 0.2) is 34.9 Å². The summed E-state index contributed by atoms with van der Waals surface area (Å²) in [6.07, 6.45) is 0. The van der Waals surface area contributed by atoms with Crippen LogP contribution in [0.3, 0.4) is 0 Å². The molecule has 1 unspecified atom stereocenters. The third-order valence-electron chi connectivity index (χ3n) is 3.04. The third-order valence-corrected chi connectivity index (χ3v) is 4.41. The minimum absolute atomic E-state index is 0.202. The SMILES string of the molecule is CCn1c(Br)cc(C(=O)O)c1C(Cl)c1ccc(Cl)cc1. The van der Waals surface area contributed by atoms with Crippen molar-refractivity contribution in [2.24, 2.45) is 0 Å². The van der Waals surface area contributed by atoms with E-state index < -0.39 is 11.3 Å². The predicted molar refractivity (Wildman–Crippen MR) is 83.9 cm³/mol. The first kappa shape index (κ1) is 15.4. The van der Waals surface area contributed by atoms with Crippen LogP contribution in [0.25, 0.3) is 0 Å². The maximum Gasteiger partial charge on any atom is 0.337 e. The van der Waals surface area contributed by atoms with Crippen LogP contribution in [-0.2, 0) is 6.54 Å². The smallest absolute Gasteiger partial charge is 0.337 e. The second-order valence-corrected chi connectivity index (χ2v) is 5.91. The van der Waals surface area contributed by atoms with Gasteiger partial charge in [0.15, 0.2) is 0 Å². The fourth-order valence-corrected chi connectivity index (χ4v) is 3.26. The maximum absolute atomic E-state index is 11.4. The van der Waals surface area contributed by atoms with Gasteiger partial charge in [-0.1, -0.05) is 23.7 Å². The molecule has 2 rings (SSSR count). The average Bonchev–Trinajstić information content (AvgIpc) is 2.75. The molecule has 1 aromatic heterocycles. The lowest BCUT2D eigenvalue weighted by Crippen LogP contribution is -2.09. The van der Waals surface area contributed by atoms with Crippen molar-refractivity contribution in [3.8, 4) is 0 Å². The normalized spacial score (nSPS) is 12.4. The highest BCUT2D eigenvalue weighted by atomic mass is 79.9. The molecule has 0 aliphatic rings. The van der Waals surface area contributed by atoms with Crippen molar-refractivity contribution in [2.75, 3.05) is 0 Å². The first-order valence-corrected chi connectivity index (χ1v) is 7.58. The molecule has 20 heavy (non-hydrogen) atoms. The molecule has 1 aromatic carbocycles. The van der Waals surface area contributed by atoms with Crippen LogP contribution in [0.2, 0.25) is 5.02 Å². The molecular formula is C14H12BrCl2NO2. The molecule has 0 spiro atoms. The first-order chi connectivity index (χ1) is 9.45. The number of hydrogen-bond donors (Lipinski definition) is 1. The zero-order valence-electron chi connectivity index (χ0n) is 10.6. The zero-order valence-corrected chi connectivity index (χ0v) is 13.7. The number of benzene rings is 1. The van der Waals surface area contributed by atoms with E-state index in [1.54, 1.807) is 30.3 Å². The largest absolute Gasteiger partial charge is 0.478 e. The molecule has 0 bridgehead atoms. The Morgan fingerprint density at radius 2 is 2.00 bits per heavy atom. The first-order valence-electron chi connectivity index (χ1n) is 5.97. The summed E-state index contributed by atoms with van der Waals surface area (Å²) in [7, 11) is 0. The molecular weight excluding hydrogens is 365 g/mol. The molecule has 3 nitrogen and oxygen atoms in total. The van der Waals surface area contributed by atoms with Crippen LogP contribution in [0.1, 0.15) is 33.9 Å². The summed E-state index contributed by atoms with van der Waals surface area (Å²) in [6, 6.07) is 8.65. The minimum Gasteiger partial charge on any atom is -0.478 e. The lowest BCUT2D eigenvalue weighted by Gasteiger charge is -2.15. The Labute approximate surface area is 135 Å². The molecule has 1 atom stereocenters. The molecule has 0 fully saturated rings. The molecule has 0 saturated carbocycles. The zero-order chi connectivity index (χ0) is 14.9. The fraction of sp³-hybridized carbons (Fsp3) is 0.214. The molecule has 6 heteroatoms. The number of halogens is 3. The van der Waals surface area contributed by atoms with Crippen molar-refractivity contribution in [1.29, 1.82) is 0 Å². The lowest BCUT2D eigenvalue weighted by molar-refractivity contribution is 0.0695. The molecule has 2 aromatic rings. The van der Waals surface area contributed by atoms with Crippen molar-refractivity contribution in [3.63, 3.8) is 0 Å². The van der Waals surface area contributed by atoms with E-state index in [0.717, 1.165) is 5.56 Å². The summed E-state index contributed by atoms with van der Waals surface area (Å²) in [5, 5.41) is 9.39. The van der Waals surface area contributed by atoms with Gasteiger partial charge in [-0.05, 0) is 46.6 Å². The van der Waals surface area contributed by atoms with Crippen LogP contribution in [-0.4, -0.2) is 15.6 Å². The predicted octanol–water partition coefficient (Wildman–Crippen LogP) is 4.95. The van der Waals surface area contributed by atoms with E-state index in [1.165, 1.54) is 0 Å². The number of carboxylic acid groups (broad SMARTS) is 1. The Hall–Kier alpha value is -0.970. The van der Waals surface area contributed by atoms with E-state index in [1.807, 2.05) is 11.5 Å². The van der Waals surface area contributed by atoms with E-state index in [4.69, 9.17) is 23.2 Å². The second-order valence-electron chi connectivity index (χ2n) is 4.23. The van der Waals surface area contributed by atoms with Gasteiger partial charge in [0, 0.05) is 11.6 Å². The van der Waals surface area contributed by atoms with E-state index in [9.17, 15) is 9.90 Å². The Bertz CT molecular complexity index is 637. The van der Waals surface area contributed by atoms with Crippen molar-refractivity contribution < 1.29 is 9.90 Å². The average molecular weight is 377 g/mol. The van der Waals surface area contributed by atoms with Gasteiger partial charge in [0.25, 0.3) is 0 Å². The highest BCUT2D eigenvalue weighted by molar-refractivity contribution is 9.10. The monoisotopic (exact) mass is 375 g/mol. The van der Waals surface area contributed by atoms with Gasteiger partial charge in [0.05, 0.1) is 21.2 Å². The summed E-state index contributed by atoms with van der Waals surface area (Å²) in [4.78, 5) is 11.4. The van der Waals surface area contributed by atoms with Crippen molar-refractivity contribution in [3.05, 3.63) is 56.8 Å². The molecule has 0 aliphatic heterocycles. The van der Waals surface area contributed by atoms with E-state index in [-0.39, 0.29) is 5.56 Å². The third kappa shape index (κ3) is 2.87. The van der Waals surface area contributed by atoms with Gasteiger partial charge in [0.1, 0.15) is 0 Å². The second kappa shape index (κ2) is 6.20. The highest BCUT2D eigenvalue weighted by Gasteiger charge is 2.25. The number of rotatable bonds is 4. The Morgan fingerprint density at radius 1 is 1.40 bits per heavy atom. The molecule has 106 valence electrons. The number of carboxylic acids is 1. The van der Waals surface area contributed by atoms with Gasteiger partial charge >= 0.3 is 5.97 Å². The molecule has 0 saturated heterocycles. The Kier molecular flexibility index (Phi) is 4.78. The molecule has 0 radical (unpaired) electrons. The summed E-state index contributed by atoms with van der Waals surface area (Å²) in [6.45, 7) is 2.56. The fourth-order valence-electron chi connectivity index (χ4n) is 2.09. The Balaban J connectivity index is 2.55. The van der Waals surface area contributed by atoms with Gasteiger partial charge < -0.3 is 9.67 Å². The van der Waals surface area contributed by atoms with Crippen LogP contribution >= 0.6 is 39.1 Å². The summed E-state index contributed by atoms with van der Waals surface area (Å²) in [5.74, 6) is -0.993. The van der Waals surface area contributed by atoms with Crippen molar-refractivity contribution >= 4 is 45.1 Å². The van der Waals surface area contributed by atoms with Crippen LogP contribution in [0, 0.1) is 0 Å². The van der Waals surface area contributed by atoms with Crippen LogP contribution in [0.5, 0.6) is 0 Å². The lowest BCUT2D eigenvalue weighted by atomic mass is 10.1. The topological polar surface area (TPSA) is 42.2 Å². The van der Waals surface area contributed by atoms with Gasteiger partial charge in [0.2, 0.25) is 0 Å². The van der Waals surface area contributed by atoms with E-state index in [2.05, 4.69) is 15.9 Å². The number of aromatic nitrogens is 1. The van der Waals surface area contributed by atoms with Gasteiger partial charge in [-0.3, -0.25) is 0 Å². The standard InChI is InChI=1S/C14H12BrCl2NO2/c1-2-18-11(15)7-10(14(19)20)13(18)12(17)8-3-5-9(16)6-4-8/h3-7,12H,2H2,1H3,(H,19,20). The summed E-state index contributed by atoms with van der Waals surface area (Å²) >= 11 is 15.7. The van der Waals surface area contributed by atoms with Crippen LogP contribution in [0.4, 0.5) is 0 Å². The van der Waals surface area contributed by atoms with Crippen molar-refractivity contribution in [2.45, 2.75) is 18.8 Å².